The van der Waals surface area contributed by atoms with Crippen LogP contribution in [0.4, 0.5) is 0 Å². The minimum Gasteiger partial charge on any atom is -0.460 e. The molecule has 0 fully saturated rings. The molecule has 0 spiro atoms. The summed E-state index contributed by atoms with van der Waals surface area (Å²) in [5.41, 5.74) is 7.60. The number of rotatable bonds is 4. The summed E-state index contributed by atoms with van der Waals surface area (Å²) >= 11 is 0. The topological polar surface area (TPSA) is 51.2 Å². The van der Waals surface area contributed by atoms with Gasteiger partial charge in [-0.3, -0.25) is 0 Å². The van der Waals surface area contributed by atoms with E-state index in [0.717, 1.165) is 24.4 Å². The largest absolute Gasteiger partial charge is 0.460 e. The smallest absolute Gasteiger partial charge is 0.134 e. The van der Waals surface area contributed by atoms with Gasteiger partial charge in [0.05, 0.1) is 6.54 Å². The van der Waals surface area contributed by atoms with Crippen LogP contribution in [0, 0.1) is 6.92 Å². The first-order valence-corrected chi connectivity index (χ1v) is 5.19. The first kappa shape index (κ1) is 10.2. The van der Waals surface area contributed by atoms with Crippen molar-refractivity contribution in [2.75, 3.05) is 13.1 Å². The van der Waals surface area contributed by atoms with Crippen LogP contribution in [0.25, 0.3) is 11.0 Å². The van der Waals surface area contributed by atoms with Gasteiger partial charge in [0.2, 0.25) is 0 Å². The maximum absolute atomic E-state index is 5.67. The monoisotopic (exact) mass is 204 g/mol. The lowest BCUT2D eigenvalue weighted by molar-refractivity contribution is 0.516. The number of nitrogens with one attached hydrogen (secondary N) is 1. The zero-order valence-electron chi connectivity index (χ0n) is 8.92. The Morgan fingerprint density at radius 2 is 2.20 bits per heavy atom. The maximum atomic E-state index is 5.67. The van der Waals surface area contributed by atoms with E-state index in [4.69, 9.17) is 10.2 Å². The molecule has 0 bridgehead atoms. The van der Waals surface area contributed by atoms with E-state index in [1.165, 1.54) is 10.9 Å². The Kier molecular flexibility index (Phi) is 3.04. The maximum Gasteiger partial charge on any atom is 0.134 e. The molecule has 3 N–H and O–H groups in total. The molecule has 0 aliphatic carbocycles. The van der Waals surface area contributed by atoms with Crippen LogP contribution in [0.5, 0.6) is 0 Å². The number of furan rings is 1. The van der Waals surface area contributed by atoms with Gasteiger partial charge >= 0.3 is 0 Å². The number of hydrogen-bond acceptors (Lipinski definition) is 3. The third-order valence-corrected chi connectivity index (χ3v) is 2.34. The Morgan fingerprint density at radius 3 is 3.00 bits per heavy atom. The average molecular weight is 204 g/mol. The van der Waals surface area contributed by atoms with Gasteiger partial charge < -0.3 is 15.5 Å². The highest BCUT2D eigenvalue weighted by atomic mass is 16.3. The molecule has 3 heteroatoms. The third-order valence-electron chi connectivity index (χ3n) is 2.34. The Labute approximate surface area is 89.3 Å². The molecule has 15 heavy (non-hydrogen) atoms. The Bertz CT molecular complexity index is 448. The van der Waals surface area contributed by atoms with E-state index in [9.17, 15) is 0 Å². The van der Waals surface area contributed by atoms with Gasteiger partial charge in [0.15, 0.2) is 0 Å². The molecule has 0 amide bonds. The predicted octanol–water partition coefficient (Wildman–Crippen LogP) is 1.79. The summed E-state index contributed by atoms with van der Waals surface area (Å²) in [6, 6.07) is 8.27. The summed E-state index contributed by atoms with van der Waals surface area (Å²) in [5, 5.41) is 4.37. The molecule has 1 heterocycles. The van der Waals surface area contributed by atoms with Crippen molar-refractivity contribution in [3.05, 3.63) is 35.6 Å². The molecule has 1 aromatic carbocycles. The number of hydrogen-bond donors (Lipinski definition) is 2. The van der Waals surface area contributed by atoms with E-state index in [1.807, 2.05) is 6.07 Å². The van der Waals surface area contributed by atoms with Crippen LogP contribution in [-0.2, 0) is 6.54 Å². The highest BCUT2D eigenvalue weighted by Crippen LogP contribution is 2.20. The van der Waals surface area contributed by atoms with Gasteiger partial charge in [-0.15, -0.1) is 0 Å². The van der Waals surface area contributed by atoms with Crippen LogP contribution in [0.1, 0.15) is 11.3 Å². The minimum absolute atomic E-state index is 0.652. The van der Waals surface area contributed by atoms with Crippen LogP contribution in [0.15, 0.2) is 28.7 Å². The van der Waals surface area contributed by atoms with Crippen LogP contribution >= 0.6 is 0 Å². The molecule has 80 valence electrons. The highest BCUT2D eigenvalue weighted by molar-refractivity contribution is 5.78. The first-order valence-electron chi connectivity index (χ1n) is 5.19. The van der Waals surface area contributed by atoms with Gasteiger partial charge in [-0.2, -0.15) is 0 Å². The van der Waals surface area contributed by atoms with Gasteiger partial charge in [-0.05, 0) is 25.1 Å². The molecule has 0 saturated carbocycles. The van der Waals surface area contributed by atoms with E-state index in [-0.39, 0.29) is 0 Å². The molecule has 1 aromatic heterocycles. The van der Waals surface area contributed by atoms with Gasteiger partial charge in [-0.25, -0.2) is 0 Å². The Hall–Kier alpha value is -1.32. The molecular weight excluding hydrogens is 188 g/mol. The highest BCUT2D eigenvalue weighted by Gasteiger charge is 2.02. The molecule has 3 nitrogen and oxygen atoms in total. The zero-order valence-corrected chi connectivity index (χ0v) is 8.92. The average Bonchev–Trinajstić information content (AvgIpc) is 2.60. The summed E-state index contributed by atoms with van der Waals surface area (Å²) in [4.78, 5) is 0. The van der Waals surface area contributed by atoms with Crippen molar-refractivity contribution in [1.29, 1.82) is 0 Å². The van der Waals surface area contributed by atoms with Crippen molar-refractivity contribution in [1.82, 2.24) is 5.32 Å². The van der Waals surface area contributed by atoms with E-state index in [0.29, 0.717) is 6.54 Å². The van der Waals surface area contributed by atoms with Crippen molar-refractivity contribution >= 4 is 11.0 Å². The second-order valence-corrected chi connectivity index (χ2v) is 3.72. The molecule has 0 radical (unpaired) electrons. The van der Waals surface area contributed by atoms with Gasteiger partial charge in [0.25, 0.3) is 0 Å². The summed E-state index contributed by atoms with van der Waals surface area (Å²) in [7, 11) is 0. The molecule has 0 saturated heterocycles. The molecule has 0 unspecified atom stereocenters. The van der Waals surface area contributed by atoms with Crippen LogP contribution < -0.4 is 11.1 Å². The SMILES string of the molecule is Cc1ccc2oc(CNCCN)cc2c1. The molecule has 2 rings (SSSR count). The third kappa shape index (κ3) is 2.37. The number of fused-ring (bicyclic) bond motifs is 1. The lowest BCUT2D eigenvalue weighted by Gasteiger charge is -1.97. The standard InChI is InChI=1S/C12H16N2O/c1-9-2-3-12-10(6-9)7-11(15-12)8-14-5-4-13/h2-3,6-7,14H,4-5,8,13H2,1H3. The summed E-state index contributed by atoms with van der Waals surface area (Å²) < 4.78 is 5.67. The van der Waals surface area contributed by atoms with E-state index in [1.54, 1.807) is 0 Å². The normalized spacial score (nSPS) is 11.1. The minimum atomic E-state index is 0.652. The van der Waals surface area contributed by atoms with Gasteiger partial charge in [0.1, 0.15) is 11.3 Å². The second kappa shape index (κ2) is 4.47. The Balaban J connectivity index is 2.16. The van der Waals surface area contributed by atoms with E-state index in [2.05, 4.69) is 30.4 Å². The molecular formula is C12H16N2O. The van der Waals surface area contributed by atoms with Gasteiger partial charge in [-0.1, -0.05) is 11.6 Å². The first-order chi connectivity index (χ1) is 7.29. The molecule has 0 atom stereocenters. The summed E-state index contributed by atoms with van der Waals surface area (Å²) in [6.07, 6.45) is 0. The van der Waals surface area contributed by atoms with Gasteiger partial charge in [0, 0.05) is 18.5 Å². The lowest BCUT2D eigenvalue weighted by Crippen LogP contribution is -2.21. The van der Waals surface area contributed by atoms with Crippen molar-refractivity contribution < 1.29 is 4.42 Å². The van der Waals surface area contributed by atoms with Crippen LogP contribution in [0.3, 0.4) is 0 Å². The zero-order chi connectivity index (χ0) is 10.7. The summed E-state index contributed by atoms with van der Waals surface area (Å²) in [5.74, 6) is 0.962. The fourth-order valence-electron chi connectivity index (χ4n) is 1.62. The quantitative estimate of drug-likeness (QED) is 0.746. The van der Waals surface area contributed by atoms with Crippen molar-refractivity contribution in [3.63, 3.8) is 0 Å². The fraction of sp³-hybridized carbons (Fsp3) is 0.333. The van der Waals surface area contributed by atoms with Crippen LogP contribution in [-0.4, -0.2) is 13.1 Å². The fourth-order valence-corrected chi connectivity index (χ4v) is 1.62. The van der Waals surface area contributed by atoms with Crippen molar-refractivity contribution in [2.45, 2.75) is 13.5 Å². The van der Waals surface area contributed by atoms with Crippen LogP contribution in [0.2, 0.25) is 0 Å². The van der Waals surface area contributed by atoms with Crippen molar-refractivity contribution in [3.8, 4) is 0 Å². The predicted molar refractivity (Wildman–Crippen MR) is 61.7 cm³/mol. The molecule has 0 aliphatic heterocycles. The summed E-state index contributed by atoms with van der Waals surface area (Å²) in [6.45, 7) is 4.29. The number of nitrogens with two attached hydrogens (primary N) is 1. The number of benzene rings is 1. The van der Waals surface area contributed by atoms with Crippen molar-refractivity contribution in [2.24, 2.45) is 5.73 Å². The lowest BCUT2D eigenvalue weighted by atomic mass is 10.2. The Morgan fingerprint density at radius 1 is 1.33 bits per heavy atom. The number of aryl methyl sites for hydroxylation is 1. The molecule has 2 aromatic rings. The second-order valence-electron chi connectivity index (χ2n) is 3.72. The van der Waals surface area contributed by atoms with E-state index < -0.39 is 0 Å². The van der Waals surface area contributed by atoms with E-state index >= 15 is 0 Å². The molecule has 0 aliphatic rings.